The Morgan fingerprint density at radius 3 is 2.57 bits per heavy atom. The lowest BCUT2D eigenvalue weighted by Crippen LogP contribution is -2.31. The Kier molecular flexibility index (Phi) is 6.42. The van der Waals surface area contributed by atoms with Crippen LogP contribution in [0.1, 0.15) is 25.2 Å². The topological polar surface area (TPSA) is 105 Å². The number of para-hydroxylation sites is 1. The minimum atomic E-state index is -3.58. The quantitative estimate of drug-likeness (QED) is 0.536. The summed E-state index contributed by atoms with van der Waals surface area (Å²) in [5.41, 5.74) is 3.17. The first-order valence-corrected chi connectivity index (χ1v) is 11.3. The number of hydrogen-bond acceptors (Lipinski definition) is 4. The zero-order valence-electron chi connectivity index (χ0n) is 17.6. The fraction of sp³-hybridized carbons (Fsp3) is 0.333. The molecule has 9 heteroatoms. The van der Waals surface area contributed by atoms with Crippen LogP contribution in [-0.4, -0.2) is 36.6 Å². The minimum absolute atomic E-state index is 0.184. The molecule has 30 heavy (non-hydrogen) atoms. The van der Waals surface area contributed by atoms with Crippen molar-refractivity contribution in [3.63, 3.8) is 0 Å². The molecule has 1 aromatic heterocycles. The number of carbonyl (C=O) groups is 1. The van der Waals surface area contributed by atoms with Gasteiger partial charge >= 0.3 is 6.03 Å². The predicted octanol–water partition coefficient (Wildman–Crippen LogP) is 3.16. The molecule has 0 saturated heterocycles. The van der Waals surface area contributed by atoms with E-state index in [9.17, 15) is 13.2 Å². The van der Waals surface area contributed by atoms with E-state index in [1.165, 1.54) is 0 Å². The lowest BCUT2D eigenvalue weighted by atomic mass is 10.2. The van der Waals surface area contributed by atoms with Crippen molar-refractivity contribution in [3.8, 4) is 0 Å². The minimum Gasteiger partial charge on any atom is -0.336 e. The Labute approximate surface area is 176 Å². The fourth-order valence-corrected chi connectivity index (χ4v) is 4.49. The van der Waals surface area contributed by atoms with Crippen molar-refractivity contribution < 1.29 is 13.2 Å². The van der Waals surface area contributed by atoms with Gasteiger partial charge in [0.15, 0.2) is 0 Å². The number of fused-ring (bicyclic) bond motifs is 1. The summed E-state index contributed by atoms with van der Waals surface area (Å²) in [6.45, 7) is 8.25. The lowest BCUT2D eigenvalue weighted by Gasteiger charge is -2.12. The average molecular weight is 430 g/mol. The Balaban J connectivity index is 1.69. The summed E-state index contributed by atoms with van der Waals surface area (Å²) < 4.78 is 29.3. The fourth-order valence-electron chi connectivity index (χ4n) is 3.22. The third-order valence-electron chi connectivity index (χ3n) is 4.63. The molecule has 0 aliphatic rings. The van der Waals surface area contributed by atoms with Crippen molar-refractivity contribution in [2.45, 2.75) is 45.2 Å². The summed E-state index contributed by atoms with van der Waals surface area (Å²) >= 11 is 0. The van der Waals surface area contributed by atoms with Gasteiger partial charge in [-0.25, -0.2) is 22.9 Å². The number of aromatic nitrogens is 2. The van der Waals surface area contributed by atoms with Crippen LogP contribution in [0.2, 0.25) is 0 Å². The summed E-state index contributed by atoms with van der Waals surface area (Å²) in [5.74, 6) is 0.748. The van der Waals surface area contributed by atoms with Crippen LogP contribution in [0.15, 0.2) is 47.4 Å². The molecule has 0 bridgehead atoms. The Morgan fingerprint density at radius 2 is 1.87 bits per heavy atom. The molecule has 160 valence electrons. The predicted molar refractivity (Wildman–Crippen MR) is 118 cm³/mol. The van der Waals surface area contributed by atoms with Gasteiger partial charge in [0.25, 0.3) is 0 Å². The van der Waals surface area contributed by atoms with Crippen LogP contribution >= 0.6 is 0 Å². The summed E-state index contributed by atoms with van der Waals surface area (Å²) in [4.78, 5) is 16.8. The van der Waals surface area contributed by atoms with Crippen LogP contribution in [0, 0.1) is 13.8 Å². The first-order valence-electron chi connectivity index (χ1n) is 9.77. The van der Waals surface area contributed by atoms with Crippen molar-refractivity contribution in [1.82, 2.24) is 19.6 Å². The Morgan fingerprint density at radius 1 is 1.13 bits per heavy atom. The number of benzene rings is 2. The van der Waals surface area contributed by atoms with E-state index < -0.39 is 10.0 Å². The molecule has 0 saturated carbocycles. The number of sulfonamides is 1. The second-order valence-corrected chi connectivity index (χ2v) is 9.15. The van der Waals surface area contributed by atoms with E-state index >= 15 is 0 Å². The SMILES string of the molecule is Cc1ccccc1NC(=O)NCCn1c(C)nc2cc(S(=O)(=O)NC(C)C)ccc21. The van der Waals surface area contributed by atoms with Gasteiger partial charge in [0, 0.05) is 24.8 Å². The van der Waals surface area contributed by atoms with Gasteiger partial charge in [0.05, 0.1) is 15.9 Å². The van der Waals surface area contributed by atoms with Gasteiger partial charge in [-0.05, 0) is 57.5 Å². The Bertz CT molecular complexity index is 1170. The third-order valence-corrected chi connectivity index (χ3v) is 6.28. The monoisotopic (exact) mass is 429 g/mol. The van der Waals surface area contributed by atoms with Gasteiger partial charge in [0.1, 0.15) is 5.82 Å². The molecular weight excluding hydrogens is 402 g/mol. The molecule has 8 nitrogen and oxygen atoms in total. The number of carbonyl (C=O) groups excluding carboxylic acids is 1. The van der Waals surface area contributed by atoms with Crippen LogP contribution in [0.5, 0.6) is 0 Å². The molecule has 0 atom stereocenters. The van der Waals surface area contributed by atoms with Crippen molar-refractivity contribution >= 4 is 32.8 Å². The summed E-state index contributed by atoms with van der Waals surface area (Å²) in [6.07, 6.45) is 0. The van der Waals surface area contributed by atoms with E-state index in [1.54, 1.807) is 32.0 Å². The molecule has 0 fully saturated rings. The largest absolute Gasteiger partial charge is 0.336 e. The van der Waals surface area contributed by atoms with Crippen molar-refractivity contribution in [1.29, 1.82) is 0 Å². The zero-order valence-corrected chi connectivity index (χ0v) is 18.4. The highest BCUT2D eigenvalue weighted by Crippen LogP contribution is 2.20. The Hall–Kier alpha value is -2.91. The molecule has 0 aliphatic carbocycles. The molecule has 3 aromatic rings. The molecule has 1 heterocycles. The van der Waals surface area contributed by atoms with Crippen LogP contribution in [0.3, 0.4) is 0 Å². The zero-order chi connectivity index (χ0) is 21.9. The number of nitrogens with one attached hydrogen (secondary N) is 3. The van der Waals surface area contributed by atoms with Crippen LogP contribution in [0.4, 0.5) is 10.5 Å². The maximum Gasteiger partial charge on any atom is 0.319 e. The average Bonchev–Trinajstić information content (AvgIpc) is 2.97. The van der Waals surface area contributed by atoms with Gasteiger partial charge in [-0.1, -0.05) is 18.2 Å². The molecule has 3 rings (SSSR count). The number of nitrogens with zero attached hydrogens (tertiary/aromatic N) is 2. The standard InChI is InChI=1S/C21H27N5O3S/c1-14(2)25-30(28,29)17-9-10-20-19(13-17)23-16(4)26(20)12-11-22-21(27)24-18-8-6-5-7-15(18)3/h5-10,13-14,25H,11-12H2,1-4H3,(H2,22,24,27). The highest BCUT2D eigenvalue weighted by molar-refractivity contribution is 7.89. The summed E-state index contributed by atoms with van der Waals surface area (Å²) in [5, 5.41) is 5.67. The van der Waals surface area contributed by atoms with E-state index in [1.807, 2.05) is 42.7 Å². The number of aryl methyl sites for hydroxylation is 2. The van der Waals surface area contributed by atoms with Gasteiger partial charge in [0.2, 0.25) is 10.0 Å². The maximum atomic E-state index is 12.4. The maximum absolute atomic E-state index is 12.4. The van der Waals surface area contributed by atoms with Crippen LogP contribution in [0.25, 0.3) is 11.0 Å². The highest BCUT2D eigenvalue weighted by atomic mass is 32.2. The summed E-state index contributed by atoms with van der Waals surface area (Å²) in [6, 6.07) is 12.0. The molecule has 0 unspecified atom stereocenters. The molecular formula is C21H27N5O3S. The first-order chi connectivity index (χ1) is 14.2. The number of anilines is 1. The lowest BCUT2D eigenvalue weighted by molar-refractivity contribution is 0.251. The first kappa shape index (κ1) is 21.8. The molecule has 0 spiro atoms. The van der Waals surface area contributed by atoms with Gasteiger partial charge in [-0.3, -0.25) is 0 Å². The second kappa shape index (κ2) is 8.85. The third kappa shape index (κ3) is 4.98. The van der Waals surface area contributed by atoms with E-state index in [0.717, 1.165) is 22.6 Å². The van der Waals surface area contributed by atoms with Gasteiger partial charge < -0.3 is 15.2 Å². The smallest absolute Gasteiger partial charge is 0.319 e. The number of rotatable bonds is 7. The molecule has 0 aliphatic heterocycles. The number of amides is 2. The van der Waals surface area contributed by atoms with Crippen LogP contribution in [-0.2, 0) is 16.6 Å². The van der Waals surface area contributed by atoms with Crippen molar-refractivity contribution in [3.05, 3.63) is 53.9 Å². The molecule has 2 aromatic carbocycles. The van der Waals surface area contributed by atoms with Gasteiger partial charge in [-0.2, -0.15) is 0 Å². The van der Waals surface area contributed by atoms with Gasteiger partial charge in [-0.15, -0.1) is 0 Å². The van der Waals surface area contributed by atoms with Crippen LogP contribution < -0.4 is 15.4 Å². The molecule has 3 N–H and O–H groups in total. The van der Waals surface area contributed by atoms with E-state index in [4.69, 9.17) is 0 Å². The summed E-state index contributed by atoms with van der Waals surface area (Å²) in [7, 11) is -3.58. The van der Waals surface area contributed by atoms with E-state index in [2.05, 4.69) is 20.3 Å². The number of hydrogen-bond donors (Lipinski definition) is 3. The second-order valence-electron chi connectivity index (χ2n) is 7.43. The number of urea groups is 1. The van der Waals surface area contributed by atoms with E-state index in [-0.39, 0.29) is 17.0 Å². The van der Waals surface area contributed by atoms with E-state index in [0.29, 0.717) is 18.6 Å². The molecule has 0 radical (unpaired) electrons. The molecule has 2 amide bonds. The normalized spacial score (nSPS) is 11.8. The van der Waals surface area contributed by atoms with Crippen molar-refractivity contribution in [2.24, 2.45) is 0 Å². The highest BCUT2D eigenvalue weighted by Gasteiger charge is 2.17. The van der Waals surface area contributed by atoms with Crippen molar-refractivity contribution in [2.75, 3.05) is 11.9 Å². The number of imidazole rings is 1.